The summed E-state index contributed by atoms with van der Waals surface area (Å²) < 4.78 is 26.7. The summed E-state index contributed by atoms with van der Waals surface area (Å²) in [6, 6.07) is 7.92. The molecule has 1 aromatic heterocycles. The van der Waals surface area contributed by atoms with Crippen molar-refractivity contribution in [1.82, 2.24) is 9.71 Å². The molecule has 4 nitrogen and oxygen atoms in total. The number of aromatic nitrogens is 1. The van der Waals surface area contributed by atoms with Gasteiger partial charge in [0.2, 0.25) is 10.0 Å². The summed E-state index contributed by atoms with van der Waals surface area (Å²) in [5.41, 5.74) is 0.803. The molecule has 0 radical (unpaired) electrons. The minimum Gasteiger partial charge on any atom is -0.265 e. The number of hydrogen-bond acceptors (Lipinski definition) is 3. The minimum absolute atomic E-state index is 0.0198. The fourth-order valence-corrected chi connectivity index (χ4v) is 3.23. The van der Waals surface area contributed by atoms with E-state index in [9.17, 15) is 8.42 Å². The highest BCUT2D eigenvalue weighted by Gasteiger charge is 2.18. The summed E-state index contributed by atoms with van der Waals surface area (Å²) in [7, 11) is -3.70. The van der Waals surface area contributed by atoms with Gasteiger partial charge in [-0.1, -0.05) is 29.3 Å². The molecule has 1 aromatic carbocycles. The van der Waals surface area contributed by atoms with Crippen LogP contribution in [-0.4, -0.2) is 13.4 Å². The molecule has 0 saturated carbocycles. The van der Waals surface area contributed by atoms with Crippen molar-refractivity contribution in [3.63, 3.8) is 0 Å². The predicted molar refractivity (Wildman–Crippen MR) is 74.7 cm³/mol. The van der Waals surface area contributed by atoms with E-state index in [1.165, 1.54) is 18.2 Å². The molecule has 1 N–H and O–H groups in total. The number of hydrogen-bond donors (Lipinski definition) is 1. The predicted octanol–water partition coefficient (Wildman–Crippen LogP) is 2.87. The van der Waals surface area contributed by atoms with Gasteiger partial charge in [0.15, 0.2) is 0 Å². The summed E-state index contributed by atoms with van der Waals surface area (Å²) in [4.78, 5) is 3.83. The molecule has 100 valence electrons. The van der Waals surface area contributed by atoms with Crippen LogP contribution in [0.5, 0.6) is 0 Å². The van der Waals surface area contributed by atoms with E-state index in [2.05, 4.69) is 9.71 Å². The van der Waals surface area contributed by atoms with Crippen molar-refractivity contribution in [2.75, 3.05) is 0 Å². The Morgan fingerprint density at radius 2 is 1.79 bits per heavy atom. The fourth-order valence-electron chi connectivity index (χ4n) is 1.45. The van der Waals surface area contributed by atoms with E-state index in [1.54, 1.807) is 24.5 Å². The molecule has 2 aromatic rings. The van der Waals surface area contributed by atoms with E-state index in [-0.39, 0.29) is 21.5 Å². The molecule has 0 aliphatic heterocycles. The van der Waals surface area contributed by atoms with Gasteiger partial charge in [-0.05, 0) is 29.8 Å². The monoisotopic (exact) mass is 316 g/mol. The Morgan fingerprint density at radius 3 is 2.47 bits per heavy atom. The Kier molecular flexibility index (Phi) is 4.42. The topological polar surface area (TPSA) is 59.1 Å². The third-order valence-corrected chi connectivity index (χ3v) is 4.80. The zero-order valence-electron chi connectivity index (χ0n) is 9.68. The van der Waals surface area contributed by atoms with Gasteiger partial charge in [-0.3, -0.25) is 4.98 Å². The number of halogens is 2. The number of benzene rings is 1. The second kappa shape index (κ2) is 5.88. The van der Waals surface area contributed by atoms with Gasteiger partial charge in [0.1, 0.15) is 4.90 Å². The van der Waals surface area contributed by atoms with Crippen LogP contribution >= 0.6 is 23.2 Å². The standard InChI is InChI=1S/C12H10Cl2N2O2S/c13-10-2-1-3-11(12(10)14)19(17,18)16-8-9-4-6-15-7-5-9/h1-7,16H,8H2. The number of nitrogens with one attached hydrogen (secondary N) is 1. The highest BCUT2D eigenvalue weighted by Crippen LogP contribution is 2.28. The van der Waals surface area contributed by atoms with Gasteiger partial charge >= 0.3 is 0 Å². The molecule has 0 atom stereocenters. The maximum atomic E-state index is 12.1. The Labute approximate surface area is 121 Å². The van der Waals surface area contributed by atoms with Gasteiger partial charge in [-0.15, -0.1) is 0 Å². The minimum atomic E-state index is -3.70. The van der Waals surface area contributed by atoms with Crippen LogP contribution in [0.1, 0.15) is 5.56 Å². The maximum absolute atomic E-state index is 12.1. The molecule has 2 rings (SSSR count). The van der Waals surface area contributed by atoms with Crippen LogP contribution in [-0.2, 0) is 16.6 Å². The normalized spacial score (nSPS) is 11.5. The van der Waals surface area contributed by atoms with E-state index < -0.39 is 10.0 Å². The molecule has 0 aliphatic rings. The van der Waals surface area contributed by atoms with Crippen molar-refractivity contribution in [3.05, 3.63) is 58.3 Å². The van der Waals surface area contributed by atoms with Crippen LogP contribution in [0.2, 0.25) is 10.0 Å². The summed E-state index contributed by atoms with van der Waals surface area (Å²) in [6.07, 6.45) is 3.19. The second-order valence-electron chi connectivity index (χ2n) is 3.73. The summed E-state index contributed by atoms with van der Waals surface area (Å²) in [5.74, 6) is 0. The van der Waals surface area contributed by atoms with Crippen LogP contribution in [0.15, 0.2) is 47.6 Å². The highest BCUT2D eigenvalue weighted by molar-refractivity contribution is 7.89. The molecule has 0 unspecified atom stereocenters. The van der Waals surface area contributed by atoms with Gasteiger partial charge in [0, 0.05) is 18.9 Å². The lowest BCUT2D eigenvalue weighted by molar-refractivity contribution is 0.581. The van der Waals surface area contributed by atoms with Gasteiger partial charge in [0.05, 0.1) is 10.0 Å². The van der Waals surface area contributed by atoms with Crippen LogP contribution in [0.25, 0.3) is 0 Å². The molecular formula is C12H10Cl2N2O2S. The first-order chi connectivity index (χ1) is 9.00. The van der Waals surface area contributed by atoms with E-state index >= 15 is 0 Å². The lowest BCUT2D eigenvalue weighted by Gasteiger charge is -2.09. The van der Waals surface area contributed by atoms with Crippen molar-refractivity contribution >= 4 is 33.2 Å². The Bertz CT molecular complexity index is 675. The van der Waals surface area contributed by atoms with Crippen molar-refractivity contribution in [3.8, 4) is 0 Å². The summed E-state index contributed by atoms with van der Waals surface area (Å²) in [6.45, 7) is 0.160. The molecule has 0 saturated heterocycles. The zero-order chi connectivity index (χ0) is 13.9. The van der Waals surface area contributed by atoms with Crippen molar-refractivity contribution in [2.45, 2.75) is 11.4 Å². The molecule has 0 aliphatic carbocycles. The van der Waals surface area contributed by atoms with Crippen molar-refractivity contribution in [1.29, 1.82) is 0 Å². The van der Waals surface area contributed by atoms with Crippen LogP contribution in [0, 0.1) is 0 Å². The van der Waals surface area contributed by atoms with E-state index in [0.29, 0.717) is 0 Å². The third kappa shape index (κ3) is 3.45. The Hall–Kier alpha value is -1.14. The highest BCUT2D eigenvalue weighted by atomic mass is 35.5. The second-order valence-corrected chi connectivity index (χ2v) is 6.25. The molecule has 0 spiro atoms. The fraction of sp³-hybridized carbons (Fsp3) is 0.0833. The van der Waals surface area contributed by atoms with Gasteiger partial charge in [-0.25, -0.2) is 13.1 Å². The summed E-state index contributed by atoms with van der Waals surface area (Å²) in [5, 5.41) is 0.222. The quantitative estimate of drug-likeness (QED) is 0.943. The molecule has 0 fully saturated rings. The van der Waals surface area contributed by atoms with Crippen molar-refractivity contribution in [2.24, 2.45) is 0 Å². The van der Waals surface area contributed by atoms with Gasteiger partial charge in [-0.2, -0.15) is 0 Å². The van der Waals surface area contributed by atoms with Crippen molar-refractivity contribution < 1.29 is 8.42 Å². The average molecular weight is 317 g/mol. The summed E-state index contributed by atoms with van der Waals surface area (Å²) >= 11 is 11.7. The molecule has 0 amide bonds. The maximum Gasteiger partial charge on any atom is 0.242 e. The first-order valence-corrected chi connectivity index (χ1v) is 7.57. The van der Waals surface area contributed by atoms with Crippen LogP contribution in [0.4, 0.5) is 0 Å². The lowest BCUT2D eigenvalue weighted by atomic mass is 10.3. The Morgan fingerprint density at radius 1 is 1.11 bits per heavy atom. The van der Waals surface area contributed by atoms with Gasteiger partial charge in [0.25, 0.3) is 0 Å². The van der Waals surface area contributed by atoms with Crippen LogP contribution < -0.4 is 4.72 Å². The lowest BCUT2D eigenvalue weighted by Crippen LogP contribution is -2.23. The molecule has 19 heavy (non-hydrogen) atoms. The number of pyridine rings is 1. The van der Waals surface area contributed by atoms with E-state index in [1.807, 2.05) is 0 Å². The number of sulfonamides is 1. The van der Waals surface area contributed by atoms with E-state index in [0.717, 1.165) is 5.56 Å². The smallest absolute Gasteiger partial charge is 0.242 e. The number of nitrogens with zero attached hydrogens (tertiary/aromatic N) is 1. The Balaban J connectivity index is 2.22. The molecular weight excluding hydrogens is 307 g/mol. The largest absolute Gasteiger partial charge is 0.265 e. The first kappa shape index (κ1) is 14.3. The first-order valence-electron chi connectivity index (χ1n) is 5.33. The SMILES string of the molecule is O=S(=O)(NCc1ccncc1)c1cccc(Cl)c1Cl. The molecule has 7 heteroatoms. The van der Waals surface area contributed by atoms with E-state index in [4.69, 9.17) is 23.2 Å². The molecule has 1 heterocycles. The number of rotatable bonds is 4. The third-order valence-electron chi connectivity index (χ3n) is 2.42. The van der Waals surface area contributed by atoms with Gasteiger partial charge < -0.3 is 0 Å². The zero-order valence-corrected chi connectivity index (χ0v) is 12.0. The molecule has 0 bridgehead atoms. The van der Waals surface area contributed by atoms with Crippen LogP contribution in [0.3, 0.4) is 0 Å². The average Bonchev–Trinajstić information content (AvgIpc) is 2.41.